The van der Waals surface area contributed by atoms with E-state index in [0.29, 0.717) is 6.04 Å². The van der Waals surface area contributed by atoms with E-state index in [4.69, 9.17) is 0 Å². The maximum absolute atomic E-state index is 13.0. The highest BCUT2D eigenvalue weighted by Gasteiger charge is 2.41. The minimum atomic E-state index is -0.155. The zero-order valence-electron chi connectivity index (χ0n) is 15.4. The summed E-state index contributed by atoms with van der Waals surface area (Å²) in [7, 11) is 0. The molecule has 1 aromatic heterocycles. The van der Waals surface area contributed by atoms with Gasteiger partial charge >= 0.3 is 6.03 Å². The molecular formula is C18H30N6O2. The molecule has 2 aliphatic carbocycles. The number of likely N-dealkylation sites (tertiary alicyclic amines) is 1. The fraction of sp³-hybridized carbons (Fsp3) is 0.889. The molecule has 4 rings (SSSR count). The molecule has 1 aliphatic heterocycles. The lowest BCUT2D eigenvalue weighted by atomic mass is 9.95. The number of rotatable bonds is 4. The molecule has 0 aromatic carbocycles. The number of amides is 2. The van der Waals surface area contributed by atoms with Crippen molar-refractivity contribution in [3.05, 3.63) is 5.82 Å². The van der Waals surface area contributed by atoms with Crippen LogP contribution in [0.1, 0.15) is 88.5 Å². The number of aliphatic hydroxyl groups is 1. The van der Waals surface area contributed by atoms with Gasteiger partial charge in [0, 0.05) is 6.04 Å². The van der Waals surface area contributed by atoms with Crippen LogP contribution in [0.5, 0.6) is 0 Å². The largest absolute Gasteiger partial charge is 0.394 e. The second kappa shape index (κ2) is 7.90. The average molecular weight is 362 g/mol. The van der Waals surface area contributed by atoms with Crippen LogP contribution in [0.2, 0.25) is 0 Å². The lowest BCUT2D eigenvalue weighted by Crippen LogP contribution is -2.48. The van der Waals surface area contributed by atoms with Crippen molar-refractivity contribution in [2.75, 3.05) is 6.61 Å². The molecule has 2 amide bonds. The van der Waals surface area contributed by atoms with Gasteiger partial charge in [-0.3, -0.25) is 0 Å². The zero-order valence-corrected chi connectivity index (χ0v) is 15.4. The fourth-order valence-corrected chi connectivity index (χ4v) is 4.95. The highest BCUT2D eigenvalue weighted by atomic mass is 16.3. The van der Waals surface area contributed by atoms with Crippen molar-refractivity contribution < 1.29 is 9.90 Å². The van der Waals surface area contributed by atoms with Gasteiger partial charge in [-0.05, 0) is 49.0 Å². The van der Waals surface area contributed by atoms with Crippen LogP contribution < -0.4 is 5.32 Å². The first-order valence-electron chi connectivity index (χ1n) is 10.3. The van der Waals surface area contributed by atoms with Crippen LogP contribution in [0, 0.1) is 0 Å². The van der Waals surface area contributed by atoms with Crippen LogP contribution in [0.4, 0.5) is 4.79 Å². The van der Waals surface area contributed by atoms with Gasteiger partial charge in [0.2, 0.25) is 0 Å². The van der Waals surface area contributed by atoms with Crippen molar-refractivity contribution in [2.24, 2.45) is 0 Å². The lowest BCUT2D eigenvalue weighted by molar-refractivity contribution is 0.130. The molecule has 0 bridgehead atoms. The van der Waals surface area contributed by atoms with Gasteiger partial charge in [0.15, 0.2) is 5.82 Å². The Morgan fingerprint density at radius 3 is 2.50 bits per heavy atom. The van der Waals surface area contributed by atoms with Crippen molar-refractivity contribution in [3.8, 4) is 0 Å². The molecule has 2 heterocycles. The first kappa shape index (κ1) is 17.7. The van der Waals surface area contributed by atoms with Crippen LogP contribution in [0.3, 0.4) is 0 Å². The van der Waals surface area contributed by atoms with Crippen LogP contribution in [0.15, 0.2) is 0 Å². The molecule has 2 saturated carbocycles. The van der Waals surface area contributed by atoms with Gasteiger partial charge in [0.25, 0.3) is 0 Å². The molecule has 144 valence electrons. The van der Waals surface area contributed by atoms with Gasteiger partial charge in [-0.25, -0.2) is 9.48 Å². The number of nitrogens with zero attached hydrogens (tertiary/aromatic N) is 5. The van der Waals surface area contributed by atoms with Gasteiger partial charge in [0.1, 0.15) is 0 Å². The number of aliphatic hydroxyl groups excluding tert-OH is 1. The van der Waals surface area contributed by atoms with E-state index < -0.39 is 0 Å². The molecule has 3 fully saturated rings. The third-order valence-corrected chi connectivity index (χ3v) is 6.37. The number of carbonyl (C=O) groups is 1. The summed E-state index contributed by atoms with van der Waals surface area (Å²) in [6.07, 6.45) is 11.9. The highest BCUT2D eigenvalue weighted by Crippen LogP contribution is 2.37. The highest BCUT2D eigenvalue weighted by molar-refractivity contribution is 5.75. The number of hydrogen-bond acceptors (Lipinski definition) is 5. The minimum Gasteiger partial charge on any atom is -0.394 e. The van der Waals surface area contributed by atoms with Crippen LogP contribution >= 0.6 is 0 Å². The number of aromatic nitrogens is 4. The van der Waals surface area contributed by atoms with E-state index in [1.54, 1.807) is 0 Å². The standard InChI is InChI=1S/C18H30N6O2/c25-12-15-10-11-16(23(15)18(26)19-13-6-4-5-7-13)17-20-21-22-24(17)14-8-2-1-3-9-14/h13-16,25H,1-12H2,(H,19,26)/t15-,16-/m0/s1. The quantitative estimate of drug-likeness (QED) is 0.857. The van der Waals surface area contributed by atoms with E-state index in [0.717, 1.165) is 44.3 Å². The molecule has 0 spiro atoms. The number of hydrogen-bond donors (Lipinski definition) is 2. The molecule has 1 aromatic rings. The van der Waals surface area contributed by atoms with Crippen molar-refractivity contribution in [1.82, 2.24) is 30.4 Å². The second-order valence-corrected chi connectivity index (χ2v) is 8.04. The molecule has 3 aliphatic rings. The Bertz CT molecular complexity index is 609. The number of urea groups is 1. The Hall–Kier alpha value is -1.70. The summed E-state index contributed by atoms with van der Waals surface area (Å²) in [4.78, 5) is 14.8. The van der Waals surface area contributed by atoms with Crippen LogP contribution in [-0.4, -0.2) is 54.9 Å². The number of carbonyl (C=O) groups excluding carboxylic acids is 1. The van der Waals surface area contributed by atoms with Gasteiger partial charge in [-0.1, -0.05) is 32.1 Å². The third-order valence-electron chi connectivity index (χ3n) is 6.37. The maximum Gasteiger partial charge on any atom is 0.318 e. The molecule has 26 heavy (non-hydrogen) atoms. The van der Waals surface area contributed by atoms with E-state index >= 15 is 0 Å². The normalized spacial score (nSPS) is 28.0. The van der Waals surface area contributed by atoms with Crippen molar-refractivity contribution in [1.29, 1.82) is 0 Å². The SMILES string of the molecule is O=C(NC1CCCC1)N1[C@H](CO)CC[C@H]1c1nnnn1C1CCCCC1. The Morgan fingerprint density at radius 2 is 1.77 bits per heavy atom. The van der Waals surface area contributed by atoms with Gasteiger partial charge in [0.05, 0.1) is 24.7 Å². The molecule has 8 nitrogen and oxygen atoms in total. The summed E-state index contributed by atoms with van der Waals surface area (Å²) in [5, 5.41) is 25.5. The average Bonchev–Trinajstić information content (AvgIpc) is 3.41. The molecule has 2 N–H and O–H groups in total. The van der Waals surface area contributed by atoms with Crippen molar-refractivity contribution in [3.63, 3.8) is 0 Å². The van der Waals surface area contributed by atoms with Gasteiger partial charge in [-0.2, -0.15) is 0 Å². The Kier molecular flexibility index (Phi) is 5.38. The first-order chi connectivity index (χ1) is 12.8. The topological polar surface area (TPSA) is 96.2 Å². The van der Waals surface area contributed by atoms with E-state index in [1.807, 2.05) is 9.58 Å². The van der Waals surface area contributed by atoms with Gasteiger partial charge in [-0.15, -0.1) is 5.10 Å². The maximum atomic E-state index is 13.0. The summed E-state index contributed by atoms with van der Waals surface area (Å²) in [6, 6.07) is 0.221. The van der Waals surface area contributed by atoms with Crippen molar-refractivity contribution >= 4 is 6.03 Å². The predicted molar refractivity (Wildman–Crippen MR) is 95.4 cm³/mol. The van der Waals surface area contributed by atoms with E-state index in [2.05, 4.69) is 20.8 Å². The third kappa shape index (κ3) is 3.43. The van der Waals surface area contributed by atoms with E-state index in [-0.39, 0.29) is 30.8 Å². The Labute approximate surface area is 154 Å². The molecule has 0 radical (unpaired) electrons. The Morgan fingerprint density at radius 1 is 1.04 bits per heavy atom. The predicted octanol–water partition coefficient (Wildman–Crippen LogP) is 2.33. The Balaban J connectivity index is 1.54. The second-order valence-electron chi connectivity index (χ2n) is 8.04. The summed E-state index contributed by atoms with van der Waals surface area (Å²) in [5.41, 5.74) is 0. The molecule has 8 heteroatoms. The molecule has 0 unspecified atom stereocenters. The fourth-order valence-electron chi connectivity index (χ4n) is 4.95. The molecular weight excluding hydrogens is 332 g/mol. The first-order valence-corrected chi connectivity index (χ1v) is 10.3. The van der Waals surface area contributed by atoms with Gasteiger partial charge < -0.3 is 15.3 Å². The van der Waals surface area contributed by atoms with E-state index in [9.17, 15) is 9.90 Å². The minimum absolute atomic E-state index is 0.0143. The van der Waals surface area contributed by atoms with E-state index in [1.165, 1.54) is 32.1 Å². The van der Waals surface area contributed by atoms with Crippen LogP contribution in [0.25, 0.3) is 0 Å². The van der Waals surface area contributed by atoms with Crippen molar-refractivity contribution in [2.45, 2.75) is 94.8 Å². The monoisotopic (exact) mass is 362 g/mol. The number of tetrazole rings is 1. The zero-order chi connectivity index (χ0) is 17.9. The molecule has 2 atom stereocenters. The summed E-state index contributed by atoms with van der Waals surface area (Å²) >= 11 is 0. The number of nitrogens with one attached hydrogen (secondary N) is 1. The summed E-state index contributed by atoms with van der Waals surface area (Å²) in [6.45, 7) is -0.0143. The van der Waals surface area contributed by atoms with Crippen LogP contribution in [-0.2, 0) is 0 Å². The molecule has 1 saturated heterocycles. The lowest BCUT2D eigenvalue weighted by Gasteiger charge is -2.31. The smallest absolute Gasteiger partial charge is 0.318 e. The summed E-state index contributed by atoms with van der Waals surface area (Å²) in [5.74, 6) is 0.787. The summed E-state index contributed by atoms with van der Waals surface area (Å²) < 4.78 is 1.96.